The van der Waals surface area contributed by atoms with Gasteiger partial charge in [-0.15, -0.1) is 11.3 Å². The summed E-state index contributed by atoms with van der Waals surface area (Å²) < 4.78 is 3.24. The van der Waals surface area contributed by atoms with Gasteiger partial charge in [-0.05, 0) is 44.7 Å². The van der Waals surface area contributed by atoms with Gasteiger partial charge in [0.05, 0.1) is 18.8 Å². The Balaban J connectivity index is 1.78. The second kappa shape index (κ2) is 7.05. The van der Waals surface area contributed by atoms with Gasteiger partial charge < -0.3 is 10.4 Å². The average molecular weight is 343 g/mol. The van der Waals surface area contributed by atoms with Crippen LogP contribution in [0.1, 0.15) is 40.4 Å². The molecule has 2 aromatic heterocycles. The molecule has 0 saturated heterocycles. The standard InChI is InChI=1S/C19H25N3OS/c1-12-16-7-5-6-8-18(16)24-19(12)14(3)20-11-17-13(2)21-22(9-10-23)15(17)4/h5-8,14,20,23H,9-11H2,1-4H3/t14-/m1/s1. The molecule has 0 fully saturated rings. The second-order valence-corrected chi connectivity index (χ2v) is 7.37. The first kappa shape index (κ1) is 17.1. The Labute approximate surface area is 147 Å². The van der Waals surface area contributed by atoms with Gasteiger partial charge in [-0.3, -0.25) is 4.68 Å². The molecule has 0 aliphatic carbocycles. The highest BCUT2D eigenvalue weighted by atomic mass is 32.1. The number of aromatic nitrogens is 2. The Kier molecular flexibility index (Phi) is 5.04. The first-order valence-electron chi connectivity index (χ1n) is 8.38. The molecule has 0 bridgehead atoms. The van der Waals surface area contributed by atoms with Crippen molar-refractivity contribution in [1.82, 2.24) is 15.1 Å². The molecule has 1 atom stereocenters. The summed E-state index contributed by atoms with van der Waals surface area (Å²) in [5, 5.41) is 18.7. The van der Waals surface area contributed by atoms with Crippen molar-refractivity contribution in [3.05, 3.63) is 51.7 Å². The zero-order valence-electron chi connectivity index (χ0n) is 14.8. The molecule has 3 rings (SSSR count). The van der Waals surface area contributed by atoms with E-state index in [0.29, 0.717) is 12.6 Å². The van der Waals surface area contributed by atoms with Crippen LogP contribution in [0.2, 0.25) is 0 Å². The number of thiophene rings is 1. The zero-order chi connectivity index (χ0) is 17.3. The molecule has 0 unspecified atom stereocenters. The number of fused-ring (bicyclic) bond motifs is 1. The lowest BCUT2D eigenvalue weighted by atomic mass is 10.1. The highest BCUT2D eigenvalue weighted by Crippen LogP contribution is 2.34. The van der Waals surface area contributed by atoms with Crippen LogP contribution in [0.15, 0.2) is 24.3 Å². The van der Waals surface area contributed by atoms with E-state index in [-0.39, 0.29) is 6.61 Å². The fourth-order valence-electron chi connectivity index (χ4n) is 3.26. The maximum atomic E-state index is 9.14. The quantitative estimate of drug-likeness (QED) is 0.714. The number of aliphatic hydroxyl groups excluding tert-OH is 1. The summed E-state index contributed by atoms with van der Waals surface area (Å²) in [5.41, 5.74) is 4.78. The summed E-state index contributed by atoms with van der Waals surface area (Å²) in [6.07, 6.45) is 0. The molecular formula is C19H25N3OS. The molecule has 5 heteroatoms. The Hall–Kier alpha value is -1.69. The number of rotatable bonds is 6. The van der Waals surface area contributed by atoms with E-state index in [1.165, 1.54) is 26.1 Å². The van der Waals surface area contributed by atoms with Crippen molar-refractivity contribution in [3.8, 4) is 0 Å². The van der Waals surface area contributed by atoms with Crippen LogP contribution < -0.4 is 5.32 Å². The first-order valence-corrected chi connectivity index (χ1v) is 9.19. The lowest BCUT2D eigenvalue weighted by Crippen LogP contribution is -2.18. The SMILES string of the molecule is Cc1nn(CCO)c(C)c1CN[C@H](C)c1sc2ccccc2c1C. The normalized spacial score (nSPS) is 12.9. The van der Waals surface area contributed by atoms with E-state index >= 15 is 0 Å². The molecule has 0 aliphatic rings. The van der Waals surface area contributed by atoms with Gasteiger partial charge >= 0.3 is 0 Å². The number of nitrogens with zero attached hydrogens (tertiary/aromatic N) is 2. The summed E-state index contributed by atoms with van der Waals surface area (Å²) in [5.74, 6) is 0. The van der Waals surface area contributed by atoms with Crippen LogP contribution in [0.25, 0.3) is 10.1 Å². The number of benzene rings is 1. The molecule has 4 nitrogen and oxygen atoms in total. The second-order valence-electron chi connectivity index (χ2n) is 6.29. The van der Waals surface area contributed by atoms with Crippen LogP contribution in [0.4, 0.5) is 0 Å². The van der Waals surface area contributed by atoms with Gasteiger partial charge in [0.25, 0.3) is 0 Å². The molecule has 128 valence electrons. The third-order valence-electron chi connectivity index (χ3n) is 4.70. The third kappa shape index (κ3) is 3.11. The van der Waals surface area contributed by atoms with Gasteiger partial charge in [0.2, 0.25) is 0 Å². The molecule has 1 aromatic carbocycles. The maximum Gasteiger partial charge on any atom is 0.0644 e. The molecule has 24 heavy (non-hydrogen) atoms. The minimum Gasteiger partial charge on any atom is -0.394 e. The van der Waals surface area contributed by atoms with E-state index in [4.69, 9.17) is 5.11 Å². The van der Waals surface area contributed by atoms with Gasteiger partial charge in [0.1, 0.15) is 0 Å². The van der Waals surface area contributed by atoms with Gasteiger partial charge in [0.15, 0.2) is 0 Å². The predicted molar refractivity (Wildman–Crippen MR) is 101 cm³/mol. The van der Waals surface area contributed by atoms with E-state index in [1.807, 2.05) is 22.9 Å². The summed E-state index contributed by atoms with van der Waals surface area (Å²) >= 11 is 1.87. The van der Waals surface area contributed by atoms with Gasteiger partial charge in [-0.1, -0.05) is 18.2 Å². The van der Waals surface area contributed by atoms with E-state index in [0.717, 1.165) is 17.9 Å². The monoisotopic (exact) mass is 343 g/mol. The lowest BCUT2D eigenvalue weighted by molar-refractivity contribution is 0.267. The number of aliphatic hydroxyl groups is 1. The topological polar surface area (TPSA) is 50.1 Å². The fourth-order valence-corrected chi connectivity index (χ4v) is 4.49. The van der Waals surface area contributed by atoms with Gasteiger partial charge in [-0.25, -0.2) is 0 Å². The Morgan fingerprint density at radius 3 is 2.71 bits per heavy atom. The molecule has 3 aromatic rings. The van der Waals surface area contributed by atoms with Crippen LogP contribution >= 0.6 is 11.3 Å². The summed E-state index contributed by atoms with van der Waals surface area (Å²) in [6.45, 7) is 10.00. The molecule has 2 heterocycles. The van der Waals surface area contributed by atoms with Crippen LogP contribution in [-0.2, 0) is 13.1 Å². The Morgan fingerprint density at radius 1 is 1.25 bits per heavy atom. The largest absolute Gasteiger partial charge is 0.394 e. The molecule has 0 radical (unpaired) electrons. The van der Waals surface area contributed by atoms with Crippen molar-refractivity contribution in [2.24, 2.45) is 0 Å². The van der Waals surface area contributed by atoms with Crippen LogP contribution in [0, 0.1) is 20.8 Å². The predicted octanol–water partition coefficient (Wildman–Crippen LogP) is 3.87. The number of nitrogens with one attached hydrogen (secondary N) is 1. The average Bonchev–Trinajstić information content (AvgIpc) is 3.04. The Morgan fingerprint density at radius 2 is 2.00 bits per heavy atom. The molecule has 2 N–H and O–H groups in total. The first-order chi connectivity index (χ1) is 11.5. The molecule has 0 saturated carbocycles. The van der Waals surface area contributed by atoms with Crippen molar-refractivity contribution < 1.29 is 5.11 Å². The lowest BCUT2D eigenvalue weighted by Gasteiger charge is -2.14. The van der Waals surface area contributed by atoms with Crippen LogP contribution in [0.3, 0.4) is 0 Å². The van der Waals surface area contributed by atoms with Gasteiger partial charge in [0, 0.05) is 33.4 Å². The molecule has 0 aliphatic heterocycles. The Bertz CT molecular complexity index is 850. The minimum atomic E-state index is 0.117. The number of hydrogen-bond acceptors (Lipinski definition) is 4. The van der Waals surface area contributed by atoms with Crippen molar-refractivity contribution >= 4 is 21.4 Å². The van der Waals surface area contributed by atoms with Crippen LogP contribution in [0.5, 0.6) is 0 Å². The summed E-state index contributed by atoms with van der Waals surface area (Å²) in [6, 6.07) is 8.89. The molecule has 0 spiro atoms. The van der Waals surface area contributed by atoms with E-state index in [1.54, 1.807) is 0 Å². The van der Waals surface area contributed by atoms with Crippen molar-refractivity contribution in [2.75, 3.05) is 6.61 Å². The fraction of sp³-hybridized carbons (Fsp3) is 0.421. The van der Waals surface area contributed by atoms with E-state index in [2.05, 4.69) is 55.5 Å². The number of hydrogen-bond donors (Lipinski definition) is 2. The highest BCUT2D eigenvalue weighted by molar-refractivity contribution is 7.19. The van der Waals surface area contributed by atoms with E-state index < -0.39 is 0 Å². The van der Waals surface area contributed by atoms with Crippen molar-refractivity contribution in [1.29, 1.82) is 0 Å². The van der Waals surface area contributed by atoms with E-state index in [9.17, 15) is 0 Å². The van der Waals surface area contributed by atoms with Crippen molar-refractivity contribution in [2.45, 2.75) is 46.8 Å². The smallest absolute Gasteiger partial charge is 0.0644 e. The zero-order valence-corrected chi connectivity index (χ0v) is 15.6. The van der Waals surface area contributed by atoms with Gasteiger partial charge in [-0.2, -0.15) is 5.10 Å². The maximum absolute atomic E-state index is 9.14. The van der Waals surface area contributed by atoms with Crippen LogP contribution in [-0.4, -0.2) is 21.5 Å². The minimum absolute atomic E-state index is 0.117. The summed E-state index contributed by atoms with van der Waals surface area (Å²) in [7, 11) is 0. The van der Waals surface area contributed by atoms with Crippen molar-refractivity contribution in [3.63, 3.8) is 0 Å². The summed E-state index contributed by atoms with van der Waals surface area (Å²) in [4.78, 5) is 1.40. The molecule has 0 amide bonds. The highest BCUT2D eigenvalue weighted by Gasteiger charge is 2.16. The molecular weight excluding hydrogens is 318 g/mol. The third-order valence-corrected chi connectivity index (χ3v) is 6.16. The number of aryl methyl sites for hydroxylation is 2.